The predicted molar refractivity (Wildman–Crippen MR) is 74.6 cm³/mol. The maximum Gasteiger partial charge on any atom is 0.215 e. The van der Waals surface area contributed by atoms with Gasteiger partial charge < -0.3 is 10.1 Å². The van der Waals surface area contributed by atoms with Gasteiger partial charge in [-0.2, -0.15) is 0 Å². The number of morpholine rings is 1. The van der Waals surface area contributed by atoms with Gasteiger partial charge in [0, 0.05) is 25.7 Å². The van der Waals surface area contributed by atoms with Crippen LogP contribution in [0.3, 0.4) is 0 Å². The summed E-state index contributed by atoms with van der Waals surface area (Å²) in [6.07, 6.45) is 2.41. The van der Waals surface area contributed by atoms with Gasteiger partial charge in [0.15, 0.2) is 0 Å². The molecule has 19 heavy (non-hydrogen) atoms. The van der Waals surface area contributed by atoms with E-state index in [0.717, 1.165) is 19.7 Å². The second kappa shape index (κ2) is 6.49. The van der Waals surface area contributed by atoms with Crippen molar-refractivity contribution >= 4 is 10.0 Å². The van der Waals surface area contributed by atoms with Crippen LogP contribution in [-0.4, -0.2) is 70.5 Å². The van der Waals surface area contributed by atoms with Crippen LogP contribution in [0, 0.1) is 0 Å². The number of rotatable bonds is 6. The summed E-state index contributed by atoms with van der Waals surface area (Å²) < 4.78 is 32.4. The van der Waals surface area contributed by atoms with Crippen molar-refractivity contribution in [2.45, 2.75) is 37.2 Å². The summed E-state index contributed by atoms with van der Waals surface area (Å²) in [6, 6.07) is 0.552. The lowest BCUT2D eigenvalue weighted by atomic mass is 10.2. The molecule has 2 fully saturated rings. The van der Waals surface area contributed by atoms with Gasteiger partial charge in [0.25, 0.3) is 0 Å². The number of hydrogen-bond acceptors (Lipinski definition) is 5. The van der Waals surface area contributed by atoms with Crippen LogP contribution in [0.15, 0.2) is 0 Å². The second-order valence-electron chi connectivity index (χ2n) is 5.51. The number of nitrogens with one attached hydrogen (secondary N) is 2. The standard InChI is InChI=1S/C12H25N3O3S/c1-10(6-13-2)19(16,17)14-7-12-8-15-5-3-4-11(15)9-18-12/h10-14H,3-9H2,1-2H3. The zero-order valence-corrected chi connectivity index (χ0v) is 12.6. The van der Waals surface area contributed by atoms with Crippen molar-refractivity contribution in [1.82, 2.24) is 14.9 Å². The molecule has 0 aromatic rings. The van der Waals surface area contributed by atoms with Crippen molar-refractivity contribution in [1.29, 1.82) is 0 Å². The Labute approximate surface area is 115 Å². The summed E-state index contributed by atoms with van der Waals surface area (Å²) in [5, 5.41) is 2.45. The topological polar surface area (TPSA) is 70.7 Å². The summed E-state index contributed by atoms with van der Waals surface area (Å²) in [4.78, 5) is 2.42. The van der Waals surface area contributed by atoms with E-state index in [0.29, 0.717) is 19.1 Å². The smallest absolute Gasteiger partial charge is 0.215 e. The van der Waals surface area contributed by atoms with Gasteiger partial charge in [-0.3, -0.25) is 4.90 Å². The molecule has 3 unspecified atom stereocenters. The van der Waals surface area contributed by atoms with Crippen molar-refractivity contribution in [3.05, 3.63) is 0 Å². The minimum atomic E-state index is -3.25. The van der Waals surface area contributed by atoms with E-state index >= 15 is 0 Å². The van der Waals surface area contributed by atoms with Gasteiger partial charge >= 0.3 is 0 Å². The summed E-state index contributed by atoms with van der Waals surface area (Å²) in [5.41, 5.74) is 0. The van der Waals surface area contributed by atoms with E-state index in [1.165, 1.54) is 12.8 Å². The Balaban J connectivity index is 1.79. The van der Waals surface area contributed by atoms with Gasteiger partial charge in [-0.05, 0) is 33.4 Å². The third-order valence-corrected chi connectivity index (χ3v) is 5.79. The molecule has 2 N–H and O–H groups in total. The molecular formula is C12H25N3O3S. The first-order chi connectivity index (χ1) is 9.03. The molecule has 2 aliphatic heterocycles. The molecule has 7 heteroatoms. The summed E-state index contributed by atoms with van der Waals surface area (Å²) >= 11 is 0. The molecule has 2 heterocycles. The number of nitrogens with zero attached hydrogens (tertiary/aromatic N) is 1. The highest BCUT2D eigenvalue weighted by atomic mass is 32.2. The Morgan fingerprint density at radius 3 is 3.00 bits per heavy atom. The van der Waals surface area contributed by atoms with Gasteiger partial charge in [0.2, 0.25) is 10.0 Å². The van der Waals surface area contributed by atoms with E-state index in [4.69, 9.17) is 4.74 Å². The second-order valence-corrected chi connectivity index (χ2v) is 7.69. The van der Waals surface area contributed by atoms with Gasteiger partial charge in [0.1, 0.15) is 0 Å². The fourth-order valence-corrected chi connectivity index (χ4v) is 3.85. The molecule has 0 aromatic carbocycles. The SMILES string of the molecule is CNCC(C)S(=O)(=O)NCC1CN2CCCC2CO1. The van der Waals surface area contributed by atoms with Crippen LogP contribution in [0.4, 0.5) is 0 Å². The van der Waals surface area contributed by atoms with Crippen LogP contribution in [-0.2, 0) is 14.8 Å². The Bertz CT molecular complexity index is 388. The Hall–Kier alpha value is -0.210. The highest BCUT2D eigenvalue weighted by Crippen LogP contribution is 2.22. The Kier molecular flexibility index (Phi) is 5.19. The van der Waals surface area contributed by atoms with E-state index in [1.807, 2.05) is 0 Å². The van der Waals surface area contributed by atoms with Crippen molar-refractivity contribution in [2.75, 3.05) is 39.8 Å². The van der Waals surface area contributed by atoms with Crippen LogP contribution in [0.25, 0.3) is 0 Å². The molecule has 2 rings (SSSR count). The van der Waals surface area contributed by atoms with Crippen molar-refractivity contribution in [2.24, 2.45) is 0 Å². The van der Waals surface area contributed by atoms with Gasteiger partial charge in [0.05, 0.1) is 18.0 Å². The fourth-order valence-electron chi connectivity index (χ4n) is 2.76. The zero-order valence-electron chi connectivity index (χ0n) is 11.8. The molecule has 0 saturated carbocycles. The maximum atomic E-state index is 12.0. The van der Waals surface area contributed by atoms with Crippen molar-refractivity contribution < 1.29 is 13.2 Å². The number of sulfonamides is 1. The van der Waals surface area contributed by atoms with Gasteiger partial charge in [-0.1, -0.05) is 0 Å². The first-order valence-electron chi connectivity index (χ1n) is 7.01. The molecule has 2 aliphatic rings. The third-order valence-electron chi connectivity index (χ3n) is 4.00. The normalized spacial score (nSPS) is 30.2. The highest BCUT2D eigenvalue weighted by Gasteiger charge is 2.32. The summed E-state index contributed by atoms with van der Waals surface area (Å²) in [5.74, 6) is 0. The molecular weight excluding hydrogens is 266 g/mol. The molecule has 6 nitrogen and oxygen atoms in total. The quantitative estimate of drug-likeness (QED) is 0.682. The van der Waals surface area contributed by atoms with Crippen molar-refractivity contribution in [3.8, 4) is 0 Å². The first kappa shape index (κ1) is 15.2. The third kappa shape index (κ3) is 3.88. The van der Waals surface area contributed by atoms with E-state index in [2.05, 4.69) is 14.9 Å². The molecule has 0 amide bonds. The Morgan fingerprint density at radius 2 is 2.26 bits per heavy atom. The van der Waals surface area contributed by atoms with Crippen LogP contribution in [0.1, 0.15) is 19.8 Å². The monoisotopic (exact) mass is 291 g/mol. The molecule has 2 saturated heterocycles. The van der Waals surface area contributed by atoms with Crippen LogP contribution in [0.5, 0.6) is 0 Å². The average Bonchev–Trinajstić information content (AvgIpc) is 2.84. The van der Waals surface area contributed by atoms with E-state index in [1.54, 1.807) is 14.0 Å². The van der Waals surface area contributed by atoms with E-state index in [9.17, 15) is 8.42 Å². The largest absolute Gasteiger partial charge is 0.374 e. The summed E-state index contributed by atoms with van der Waals surface area (Å²) in [6.45, 7) is 5.23. The molecule has 3 atom stereocenters. The lowest BCUT2D eigenvalue weighted by molar-refractivity contribution is -0.0449. The van der Waals surface area contributed by atoms with Crippen LogP contribution in [0.2, 0.25) is 0 Å². The lowest BCUT2D eigenvalue weighted by Crippen LogP contribution is -2.51. The molecule has 0 aromatic heterocycles. The van der Waals surface area contributed by atoms with Crippen LogP contribution >= 0.6 is 0 Å². The van der Waals surface area contributed by atoms with E-state index in [-0.39, 0.29) is 6.10 Å². The molecule has 0 spiro atoms. The fraction of sp³-hybridized carbons (Fsp3) is 1.00. The zero-order chi connectivity index (χ0) is 13.9. The van der Waals surface area contributed by atoms with E-state index < -0.39 is 15.3 Å². The predicted octanol–water partition coefficient (Wildman–Crippen LogP) is -0.623. The molecule has 0 bridgehead atoms. The minimum absolute atomic E-state index is 0.0223. The molecule has 0 aliphatic carbocycles. The van der Waals surface area contributed by atoms with Crippen molar-refractivity contribution in [3.63, 3.8) is 0 Å². The number of ether oxygens (including phenoxy) is 1. The highest BCUT2D eigenvalue weighted by molar-refractivity contribution is 7.90. The maximum absolute atomic E-state index is 12.0. The summed E-state index contributed by atoms with van der Waals surface area (Å²) in [7, 11) is -1.50. The van der Waals surface area contributed by atoms with Crippen LogP contribution < -0.4 is 10.0 Å². The van der Waals surface area contributed by atoms with Gasteiger partial charge in [-0.25, -0.2) is 13.1 Å². The number of fused-ring (bicyclic) bond motifs is 1. The first-order valence-corrected chi connectivity index (χ1v) is 8.56. The number of hydrogen-bond donors (Lipinski definition) is 2. The van der Waals surface area contributed by atoms with Gasteiger partial charge in [-0.15, -0.1) is 0 Å². The average molecular weight is 291 g/mol. The molecule has 112 valence electrons. The lowest BCUT2D eigenvalue weighted by Gasteiger charge is -2.35. The minimum Gasteiger partial charge on any atom is -0.374 e. The molecule has 0 radical (unpaired) electrons. The Morgan fingerprint density at radius 1 is 1.47 bits per heavy atom.